The maximum atomic E-state index is 3.48. The molecule has 0 nitrogen and oxygen atoms in total. The zero-order chi connectivity index (χ0) is 13.8. The Labute approximate surface area is 128 Å². The van der Waals surface area contributed by atoms with Gasteiger partial charge in [0.2, 0.25) is 0 Å². The largest absolute Gasteiger partial charge is 0.0654 e. The molecular formula is C18H29Br. The third kappa shape index (κ3) is 9.27. The molecule has 0 aromatic heterocycles. The van der Waals surface area contributed by atoms with Gasteiger partial charge in [0.25, 0.3) is 0 Å². The minimum atomic E-state index is 1.18. The second-order valence-corrected chi connectivity index (χ2v) is 6.47. The van der Waals surface area contributed by atoms with Crippen molar-refractivity contribution < 1.29 is 0 Å². The van der Waals surface area contributed by atoms with Crippen molar-refractivity contribution in [3.8, 4) is 0 Å². The molecule has 0 amide bonds. The normalized spacial score (nSPS) is 10.8. The predicted octanol–water partition coefficient (Wildman–Crippen LogP) is 6.91. The smallest absolute Gasteiger partial charge is 0.0175 e. The van der Waals surface area contributed by atoms with Gasteiger partial charge in [-0.3, -0.25) is 0 Å². The van der Waals surface area contributed by atoms with Crippen LogP contribution in [-0.4, -0.2) is 0 Å². The molecular weight excluding hydrogens is 296 g/mol. The highest BCUT2D eigenvalue weighted by atomic mass is 79.9. The van der Waals surface area contributed by atoms with Crippen molar-refractivity contribution >= 4 is 15.9 Å². The van der Waals surface area contributed by atoms with Gasteiger partial charge < -0.3 is 0 Å². The minimum absolute atomic E-state index is 1.18. The third-order valence-electron chi connectivity index (χ3n) is 3.73. The number of rotatable bonds is 11. The summed E-state index contributed by atoms with van der Waals surface area (Å²) in [5.41, 5.74) is 1.47. The Kier molecular flexibility index (Phi) is 10.2. The van der Waals surface area contributed by atoms with E-state index >= 15 is 0 Å². The summed E-state index contributed by atoms with van der Waals surface area (Å²) < 4.78 is 1.18. The molecule has 1 aromatic carbocycles. The Hall–Kier alpha value is -0.300. The van der Waals surface area contributed by atoms with E-state index in [1.165, 1.54) is 80.7 Å². The third-order valence-corrected chi connectivity index (χ3v) is 4.26. The van der Waals surface area contributed by atoms with E-state index in [0.29, 0.717) is 0 Å². The van der Waals surface area contributed by atoms with Crippen LogP contribution < -0.4 is 0 Å². The molecule has 0 fully saturated rings. The lowest BCUT2D eigenvalue weighted by Gasteiger charge is -2.03. The second-order valence-electron chi connectivity index (χ2n) is 5.56. The SMILES string of the molecule is CCCCCCCCCCCCc1ccc(Br)cc1. The first kappa shape index (κ1) is 16.8. The molecule has 0 unspecified atom stereocenters. The number of aryl methyl sites for hydroxylation is 1. The Morgan fingerprint density at radius 2 is 1.16 bits per heavy atom. The van der Waals surface area contributed by atoms with Crippen LogP contribution in [0.3, 0.4) is 0 Å². The van der Waals surface area contributed by atoms with Gasteiger partial charge in [-0.15, -0.1) is 0 Å². The second kappa shape index (κ2) is 11.5. The molecule has 0 bridgehead atoms. The Balaban J connectivity index is 1.87. The minimum Gasteiger partial charge on any atom is -0.0654 e. The molecule has 0 heterocycles. The first-order chi connectivity index (χ1) is 9.33. The average Bonchev–Trinajstić information content (AvgIpc) is 2.43. The van der Waals surface area contributed by atoms with Crippen LogP contribution in [0.5, 0.6) is 0 Å². The van der Waals surface area contributed by atoms with Gasteiger partial charge >= 0.3 is 0 Å². The molecule has 0 aliphatic heterocycles. The van der Waals surface area contributed by atoms with Gasteiger partial charge in [0.15, 0.2) is 0 Å². The number of benzene rings is 1. The number of hydrogen-bond donors (Lipinski definition) is 0. The van der Waals surface area contributed by atoms with Crippen molar-refractivity contribution in [3.63, 3.8) is 0 Å². The summed E-state index contributed by atoms with van der Waals surface area (Å²) in [4.78, 5) is 0. The molecule has 108 valence electrons. The molecule has 1 aromatic rings. The molecule has 0 N–H and O–H groups in total. The van der Waals surface area contributed by atoms with Crippen molar-refractivity contribution in [1.29, 1.82) is 0 Å². The highest BCUT2D eigenvalue weighted by Gasteiger charge is 1.95. The van der Waals surface area contributed by atoms with E-state index in [0.717, 1.165) is 0 Å². The standard InChI is InChI=1S/C18H29Br/c1-2-3-4-5-6-7-8-9-10-11-12-17-13-15-18(19)16-14-17/h13-16H,2-12H2,1H3. The monoisotopic (exact) mass is 324 g/mol. The zero-order valence-electron chi connectivity index (χ0n) is 12.5. The van der Waals surface area contributed by atoms with Gasteiger partial charge in [0.1, 0.15) is 0 Å². The molecule has 19 heavy (non-hydrogen) atoms. The molecule has 0 atom stereocenters. The van der Waals surface area contributed by atoms with E-state index in [4.69, 9.17) is 0 Å². The molecule has 0 aliphatic rings. The lowest BCUT2D eigenvalue weighted by molar-refractivity contribution is 0.556. The van der Waals surface area contributed by atoms with Crippen LogP contribution in [-0.2, 0) is 6.42 Å². The number of halogens is 1. The molecule has 1 heteroatoms. The van der Waals surface area contributed by atoms with Crippen LogP contribution >= 0.6 is 15.9 Å². The molecule has 0 aliphatic carbocycles. The van der Waals surface area contributed by atoms with Crippen LogP contribution in [0.15, 0.2) is 28.7 Å². The maximum Gasteiger partial charge on any atom is 0.0175 e. The van der Waals surface area contributed by atoms with E-state index in [1.807, 2.05) is 0 Å². The van der Waals surface area contributed by atoms with Crippen molar-refractivity contribution in [3.05, 3.63) is 34.3 Å². The van der Waals surface area contributed by atoms with Crippen LogP contribution in [0.1, 0.15) is 76.7 Å². The van der Waals surface area contributed by atoms with Gasteiger partial charge in [-0.25, -0.2) is 0 Å². The number of unbranched alkanes of at least 4 members (excludes halogenated alkanes) is 9. The fraction of sp³-hybridized carbons (Fsp3) is 0.667. The maximum absolute atomic E-state index is 3.48. The van der Waals surface area contributed by atoms with Crippen molar-refractivity contribution in [1.82, 2.24) is 0 Å². The molecule has 0 spiro atoms. The first-order valence-electron chi connectivity index (χ1n) is 8.07. The highest BCUT2D eigenvalue weighted by Crippen LogP contribution is 2.14. The van der Waals surface area contributed by atoms with Crippen LogP contribution in [0.4, 0.5) is 0 Å². The summed E-state index contributed by atoms with van der Waals surface area (Å²) in [5.74, 6) is 0. The molecule has 0 saturated heterocycles. The summed E-state index contributed by atoms with van der Waals surface area (Å²) in [5, 5.41) is 0. The van der Waals surface area contributed by atoms with Gasteiger partial charge in [0.05, 0.1) is 0 Å². The summed E-state index contributed by atoms with van der Waals surface area (Å²) in [6.45, 7) is 2.28. The Morgan fingerprint density at radius 1 is 0.684 bits per heavy atom. The fourth-order valence-electron chi connectivity index (χ4n) is 2.47. The van der Waals surface area contributed by atoms with Crippen LogP contribution in [0, 0.1) is 0 Å². The van der Waals surface area contributed by atoms with E-state index in [-0.39, 0.29) is 0 Å². The van der Waals surface area contributed by atoms with Crippen LogP contribution in [0.2, 0.25) is 0 Å². The average molecular weight is 325 g/mol. The van der Waals surface area contributed by atoms with Gasteiger partial charge in [0, 0.05) is 4.47 Å². The Morgan fingerprint density at radius 3 is 1.68 bits per heavy atom. The quantitative estimate of drug-likeness (QED) is 0.388. The van der Waals surface area contributed by atoms with E-state index in [1.54, 1.807) is 0 Å². The predicted molar refractivity (Wildman–Crippen MR) is 89.7 cm³/mol. The van der Waals surface area contributed by atoms with Gasteiger partial charge in [-0.05, 0) is 30.5 Å². The summed E-state index contributed by atoms with van der Waals surface area (Å²) in [6.07, 6.45) is 15.4. The lowest BCUT2D eigenvalue weighted by atomic mass is 10.0. The molecule has 0 saturated carbocycles. The summed E-state index contributed by atoms with van der Waals surface area (Å²) in [7, 11) is 0. The summed E-state index contributed by atoms with van der Waals surface area (Å²) >= 11 is 3.48. The van der Waals surface area contributed by atoms with Crippen LogP contribution in [0.25, 0.3) is 0 Å². The van der Waals surface area contributed by atoms with E-state index in [2.05, 4.69) is 47.1 Å². The number of hydrogen-bond acceptors (Lipinski definition) is 0. The van der Waals surface area contributed by atoms with E-state index in [9.17, 15) is 0 Å². The molecule has 1 rings (SSSR count). The van der Waals surface area contributed by atoms with Crippen molar-refractivity contribution in [2.75, 3.05) is 0 Å². The lowest BCUT2D eigenvalue weighted by Crippen LogP contribution is -1.86. The first-order valence-corrected chi connectivity index (χ1v) is 8.86. The Bertz CT molecular complexity index is 302. The topological polar surface area (TPSA) is 0 Å². The van der Waals surface area contributed by atoms with Gasteiger partial charge in [-0.2, -0.15) is 0 Å². The summed E-state index contributed by atoms with van der Waals surface area (Å²) in [6, 6.07) is 8.76. The van der Waals surface area contributed by atoms with Crippen molar-refractivity contribution in [2.45, 2.75) is 77.6 Å². The van der Waals surface area contributed by atoms with Crippen molar-refractivity contribution in [2.24, 2.45) is 0 Å². The molecule has 0 radical (unpaired) electrons. The van der Waals surface area contributed by atoms with Gasteiger partial charge in [-0.1, -0.05) is 92.8 Å². The fourth-order valence-corrected chi connectivity index (χ4v) is 2.73. The zero-order valence-corrected chi connectivity index (χ0v) is 14.1. The van der Waals surface area contributed by atoms with E-state index < -0.39 is 0 Å². The highest BCUT2D eigenvalue weighted by molar-refractivity contribution is 9.10.